The Morgan fingerprint density at radius 1 is 0.300 bits per heavy atom. The number of unbranched alkanes of at least 4 members (excludes halogenated alkanes) is 12. The van der Waals surface area contributed by atoms with Gasteiger partial charge in [0.1, 0.15) is 0 Å². The van der Waals surface area contributed by atoms with Crippen molar-refractivity contribution in [3.05, 3.63) is 24.3 Å². The van der Waals surface area contributed by atoms with Crippen molar-refractivity contribution in [2.75, 3.05) is 0 Å². The van der Waals surface area contributed by atoms with E-state index in [1.54, 1.807) is 0 Å². The van der Waals surface area contributed by atoms with Crippen LogP contribution < -0.4 is 0 Å². The first-order chi connectivity index (χ1) is 14.7. The first-order valence-corrected chi connectivity index (χ1v) is 14.0. The van der Waals surface area contributed by atoms with Crippen LogP contribution in [0, 0.1) is 0 Å². The first kappa shape index (κ1) is 36.8. The molecule has 0 atom stereocenters. The summed E-state index contributed by atoms with van der Waals surface area (Å²) in [5, 5.41) is 0. The van der Waals surface area contributed by atoms with E-state index in [0.717, 1.165) is 0 Å². The van der Waals surface area contributed by atoms with Gasteiger partial charge >= 0.3 is 0 Å². The summed E-state index contributed by atoms with van der Waals surface area (Å²) in [6, 6.07) is 0. The van der Waals surface area contributed by atoms with Gasteiger partial charge in [0.05, 0.1) is 0 Å². The highest BCUT2D eigenvalue weighted by Crippen LogP contribution is 2.03. The van der Waals surface area contributed by atoms with Crippen LogP contribution in [-0.4, -0.2) is 0 Å². The molecular formula is C30H64. The number of hydrogen-bond acceptors (Lipinski definition) is 0. The van der Waals surface area contributed by atoms with Crippen LogP contribution in [0.4, 0.5) is 0 Å². The molecule has 184 valence electrons. The maximum atomic E-state index is 2.27. The molecule has 0 fully saturated rings. The third-order valence-corrected chi connectivity index (χ3v) is 4.65. The Bertz CT molecular complexity index is 251. The lowest BCUT2D eigenvalue weighted by Crippen LogP contribution is -1.73. The monoisotopic (exact) mass is 425 g/mol. The summed E-state index contributed by atoms with van der Waals surface area (Å²) in [7, 11) is 0. The Hall–Kier alpha value is -0.520. The Labute approximate surface area is 195 Å². The summed E-state index contributed by atoms with van der Waals surface area (Å²) in [4.78, 5) is 0. The van der Waals surface area contributed by atoms with Gasteiger partial charge in [-0.2, -0.15) is 0 Å². The second-order valence-electron chi connectivity index (χ2n) is 8.17. The molecule has 0 saturated heterocycles. The molecule has 0 saturated carbocycles. The molecule has 0 heteroatoms. The van der Waals surface area contributed by atoms with E-state index in [1.165, 1.54) is 116 Å². The van der Waals surface area contributed by atoms with E-state index in [-0.39, 0.29) is 0 Å². The van der Waals surface area contributed by atoms with Gasteiger partial charge in [0.15, 0.2) is 0 Å². The van der Waals surface area contributed by atoms with E-state index >= 15 is 0 Å². The highest BCUT2D eigenvalue weighted by atomic mass is 13.9. The normalized spacial score (nSPS) is 10.1. The fraction of sp³-hybridized carbons (Fsp3) is 0.867. The summed E-state index contributed by atoms with van der Waals surface area (Å²) in [6.07, 6.45) is 33.3. The molecule has 0 aliphatic carbocycles. The van der Waals surface area contributed by atoms with Crippen LogP contribution >= 0.6 is 0 Å². The van der Waals surface area contributed by atoms with Gasteiger partial charge in [-0.05, 0) is 25.7 Å². The van der Waals surface area contributed by atoms with E-state index in [1.807, 2.05) is 0 Å². The van der Waals surface area contributed by atoms with Crippen molar-refractivity contribution in [2.45, 2.75) is 171 Å². The third-order valence-electron chi connectivity index (χ3n) is 4.65. The summed E-state index contributed by atoms with van der Waals surface area (Å²) in [5.74, 6) is 0. The fourth-order valence-electron chi connectivity index (χ4n) is 2.59. The summed E-state index contributed by atoms with van der Waals surface area (Å²) in [6.45, 7) is 17.7. The van der Waals surface area contributed by atoms with Gasteiger partial charge in [-0.15, -0.1) is 0 Å². The highest BCUT2D eigenvalue weighted by Gasteiger charge is 1.83. The Morgan fingerprint density at radius 2 is 0.633 bits per heavy atom. The Morgan fingerprint density at radius 3 is 0.933 bits per heavy atom. The minimum absolute atomic E-state index is 1.18. The lowest BCUT2D eigenvalue weighted by molar-refractivity contribution is 0.624. The summed E-state index contributed by atoms with van der Waals surface area (Å²) < 4.78 is 0. The third kappa shape index (κ3) is 63.1. The topological polar surface area (TPSA) is 0 Å². The van der Waals surface area contributed by atoms with Gasteiger partial charge in [-0.3, -0.25) is 0 Å². The minimum Gasteiger partial charge on any atom is -0.0888 e. The second kappa shape index (κ2) is 46.6. The van der Waals surface area contributed by atoms with Crippen LogP contribution in [0.15, 0.2) is 24.3 Å². The van der Waals surface area contributed by atoms with Gasteiger partial charge in [-0.25, -0.2) is 0 Å². The molecule has 0 radical (unpaired) electrons. The number of rotatable bonds is 16. The minimum atomic E-state index is 1.18. The van der Waals surface area contributed by atoms with Crippen LogP contribution in [0.3, 0.4) is 0 Å². The van der Waals surface area contributed by atoms with Crippen molar-refractivity contribution in [2.24, 2.45) is 0 Å². The van der Waals surface area contributed by atoms with E-state index in [2.05, 4.69) is 79.7 Å². The lowest BCUT2D eigenvalue weighted by Gasteiger charge is -1.93. The van der Waals surface area contributed by atoms with Gasteiger partial charge in [0.2, 0.25) is 0 Å². The molecule has 0 heterocycles. The van der Waals surface area contributed by atoms with Crippen molar-refractivity contribution in [3.8, 4) is 0 Å². The molecule has 0 aromatic carbocycles. The molecule has 30 heavy (non-hydrogen) atoms. The highest BCUT2D eigenvalue weighted by molar-refractivity contribution is 4.79. The van der Waals surface area contributed by atoms with E-state index in [9.17, 15) is 0 Å². The molecule has 0 N–H and O–H groups in total. The van der Waals surface area contributed by atoms with E-state index < -0.39 is 0 Å². The van der Waals surface area contributed by atoms with Crippen LogP contribution in [0.25, 0.3) is 0 Å². The van der Waals surface area contributed by atoms with Crippen molar-refractivity contribution >= 4 is 0 Å². The summed E-state index contributed by atoms with van der Waals surface area (Å²) >= 11 is 0. The first-order valence-electron chi connectivity index (χ1n) is 14.0. The van der Waals surface area contributed by atoms with E-state index in [0.29, 0.717) is 0 Å². The molecule has 0 nitrogen and oxygen atoms in total. The quantitative estimate of drug-likeness (QED) is 0.171. The SMILES string of the molecule is CC/C=C/CCC.CC/C=C/CCCC.CCCCCCC.CCCCCCCC. The molecular weight excluding hydrogens is 360 g/mol. The van der Waals surface area contributed by atoms with E-state index in [4.69, 9.17) is 0 Å². The Balaban J connectivity index is -0.000000151. The molecule has 0 aromatic heterocycles. The molecule has 0 unspecified atom stereocenters. The maximum Gasteiger partial charge on any atom is -0.0351 e. The van der Waals surface area contributed by atoms with Gasteiger partial charge < -0.3 is 0 Å². The molecule has 0 aliphatic heterocycles. The second-order valence-corrected chi connectivity index (χ2v) is 8.17. The molecule has 0 spiro atoms. The van der Waals surface area contributed by atoms with Crippen molar-refractivity contribution in [3.63, 3.8) is 0 Å². The molecule has 0 amide bonds. The van der Waals surface area contributed by atoms with Gasteiger partial charge in [0.25, 0.3) is 0 Å². The number of allylic oxidation sites excluding steroid dienone is 4. The molecule has 0 bridgehead atoms. The van der Waals surface area contributed by atoms with Gasteiger partial charge in [-0.1, -0.05) is 170 Å². The zero-order chi connectivity index (χ0) is 23.6. The van der Waals surface area contributed by atoms with Gasteiger partial charge in [0, 0.05) is 0 Å². The molecule has 0 aliphatic rings. The largest absolute Gasteiger partial charge is 0.0888 e. The molecule has 0 rings (SSSR count). The predicted molar refractivity (Wildman–Crippen MR) is 147 cm³/mol. The summed E-state index contributed by atoms with van der Waals surface area (Å²) in [5.41, 5.74) is 0. The average Bonchev–Trinajstić information content (AvgIpc) is 2.77. The standard InChI is InChI=1S/C8H18.C8H16.C7H16.C7H14/c2*1-3-5-7-8-6-4-2;2*1-3-5-7-6-4-2/h3-8H2,1-2H3;5,7H,3-4,6,8H2,1-2H3;3-7H2,1-2H3;5,7H,3-4,6H2,1-2H3/b;7-5+;;7-5+. The Kier molecular flexibility index (Phi) is 57.2. The fourth-order valence-corrected chi connectivity index (χ4v) is 2.59. The van der Waals surface area contributed by atoms with Crippen LogP contribution in [0.5, 0.6) is 0 Å². The zero-order valence-electron chi connectivity index (χ0n) is 23.0. The van der Waals surface area contributed by atoms with Crippen molar-refractivity contribution in [1.29, 1.82) is 0 Å². The average molecular weight is 425 g/mol. The van der Waals surface area contributed by atoms with Crippen molar-refractivity contribution in [1.82, 2.24) is 0 Å². The van der Waals surface area contributed by atoms with Crippen LogP contribution in [-0.2, 0) is 0 Å². The zero-order valence-corrected chi connectivity index (χ0v) is 23.0. The smallest absolute Gasteiger partial charge is 0.0351 e. The predicted octanol–water partition coefficient (Wildman–Crippen LogP) is 12.2. The van der Waals surface area contributed by atoms with Crippen LogP contribution in [0.2, 0.25) is 0 Å². The lowest BCUT2D eigenvalue weighted by atomic mass is 10.1. The van der Waals surface area contributed by atoms with Crippen LogP contribution in [0.1, 0.15) is 171 Å². The maximum absolute atomic E-state index is 2.27. The molecule has 0 aromatic rings. The van der Waals surface area contributed by atoms with Crippen molar-refractivity contribution < 1.29 is 0 Å². The number of hydrogen-bond donors (Lipinski definition) is 0.